The van der Waals surface area contributed by atoms with Gasteiger partial charge in [0.1, 0.15) is 5.75 Å². The number of halogens is 1. The summed E-state index contributed by atoms with van der Waals surface area (Å²) in [6, 6.07) is 15.0. The number of carbonyl (C=O) groups excluding carboxylic acids is 1. The number of amides is 1. The Bertz CT molecular complexity index is 1210. The molecule has 0 spiro atoms. The molecule has 0 aliphatic rings. The zero-order valence-electron chi connectivity index (χ0n) is 18.3. The molecule has 0 unspecified atom stereocenters. The number of aryl methyl sites for hydroxylation is 4. The maximum Gasteiger partial charge on any atom is 0.262 e. The minimum absolute atomic E-state index is 0.0954. The summed E-state index contributed by atoms with van der Waals surface area (Å²) >= 11 is 6.14. The maximum absolute atomic E-state index is 12.7. The van der Waals surface area contributed by atoms with Gasteiger partial charge >= 0.3 is 0 Å². The second kappa shape index (κ2) is 9.63. The number of hydrogen-bond acceptors (Lipinski definition) is 4. The molecule has 32 heavy (non-hydrogen) atoms. The molecule has 0 aliphatic carbocycles. The Hall–Kier alpha value is -3.03. The number of nitrogens with one attached hydrogen (secondary N) is 2. The summed E-state index contributed by atoms with van der Waals surface area (Å²) in [5, 5.41) is 3.36. The average molecular weight is 473 g/mol. The molecule has 0 aliphatic heterocycles. The Labute approximate surface area is 193 Å². The monoisotopic (exact) mass is 472 g/mol. The predicted molar refractivity (Wildman–Crippen MR) is 128 cm³/mol. The molecule has 0 heterocycles. The van der Waals surface area contributed by atoms with Crippen molar-refractivity contribution in [3.63, 3.8) is 0 Å². The van der Waals surface area contributed by atoms with Gasteiger partial charge in [-0.05, 0) is 98.5 Å². The maximum atomic E-state index is 12.7. The molecular formula is C24H25ClN2O4S. The van der Waals surface area contributed by atoms with Gasteiger partial charge in [0.05, 0.1) is 4.90 Å². The van der Waals surface area contributed by atoms with Gasteiger partial charge in [-0.3, -0.25) is 9.52 Å². The van der Waals surface area contributed by atoms with Gasteiger partial charge in [-0.1, -0.05) is 17.7 Å². The number of rotatable bonds is 7. The van der Waals surface area contributed by atoms with Crippen LogP contribution in [0.25, 0.3) is 0 Å². The van der Waals surface area contributed by atoms with Crippen molar-refractivity contribution >= 4 is 38.9 Å². The first kappa shape index (κ1) is 23.6. The van der Waals surface area contributed by atoms with Crippen LogP contribution < -0.4 is 14.8 Å². The van der Waals surface area contributed by atoms with Gasteiger partial charge < -0.3 is 10.1 Å². The Balaban J connectivity index is 1.61. The first-order valence-corrected chi connectivity index (χ1v) is 11.8. The second-order valence-electron chi connectivity index (χ2n) is 7.71. The molecule has 0 fully saturated rings. The van der Waals surface area contributed by atoms with E-state index in [1.807, 2.05) is 33.8 Å². The van der Waals surface area contributed by atoms with E-state index in [0.29, 0.717) is 22.1 Å². The summed E-state index contributed by atoms with van der Waals surface area (Å²) in [5.74, 6) is 0.192. The summed E-state index contributed by atoms with van der Waals surface area (Å²) in [6.07, 6.45) is 0. The van der Waals surface area contributed by atoms with Crippen molar-refractivity contribution in [1.82, 2.24) is 0 Å². The summed E-state index contributed by atoms with van der Waals surface area (Å²) in [5.41, 5.74) is 4.64. The predicted octanol–water partition coefficient (Wildman–Crippen LogP) is 5.39. The van der Waals surface area contributed by atoms with Gasteiger partial charge in [0, 0.05) is 16.4 Å². The zero-order chi connectivity index (χ0) is 23.5. The van der Waals surface area contributed by atoms with Crippen molar-refractivity contribution in [1.29, 1.82) is 0 Å². The molecule has 1 amide bonds. The smallest absolute Gasteiger partial charge is 0.262 e. The van der Waals surface area contributed by atoms with Crippen molar-refractivity contribution in [3.8, 4) is 5.75 Å². The Morgan fingerprint density at radius 3 is 2.00 bits per heavy atom. The lowest BCUT2D eigenvalue weighted by Gasteiger charge is -2.12. The Morgan fingerprint density at radius 2 is 1.44 bits per heavy atom. The molecule has 3 rings (SSSR count). The SMILES string of the molecule is Cc1cc(C)cc(NS(=O)(=O)c2ccc(NC(=O)COc3cc(C)c(Cl)c(C)c3)cc2)c1. The van der Waals surface area contributed by atoms with Gasteiger partial charge in [-0.25, -0.2) is 8.42 Å². The standard InChI is InChI=1S/C24H25ClN2O4S/c1-15-9-16(2)11-20(10-15)27-32(29,30)22-7-5-19(6-8-22)26-23(28)14-31-21-12-17(3)24(25)18(4)13-21/h5-13,27H,14H2,1-4H3,(H,26,28). The first-order valence-electron chi connectivity index (χ1n) is 9.94. The average Bonchev–Trinajstić information content (AvgIpc) is 2.69. The van der Waals surface area contributed by atoms with Crippen LogP contribution in [0.5, 0.6) is 5.75 Å². The molecule has 168 valence electrons. The molecule has 3 aromatic rings. The molecule has 0 saturated carbocycles. The van der Waals surface area contributed by atoms with Crippen molar-refractivity contribution in [2.75, 3.05) is 16.6 Å². The molecule has 6 nitrogen and oxygen atoms in total. The summed E-state index contributed by atoms with van der Waals surface area (Å²) in [4.78, 5) is 12.3. The highest BCUT2D eigenvalue weighted by molar-refractivity contribution is 7.92. The van der Waals surface area contributed by atoms with Crippen molar-refractivity contribution in [2.24, 2.45) is 0 Å². The summed E-state index contributed by atoms with van der Waals surface area (Å²) in [7, 11) is -3.75. The third-order valence-electron chi connectivity index (χ3n) is 4.70. The van der Waals surface area contributed by atoms with E-state index in [1.165, 1.54) is 24.3 Å². The van der Waals surface area contributed by atoms with E-state index in [1.54, 1.807) is 24.3 Å². The molecule has 0 aromatic heterocycles. The quantitative estimate of drug-likeness (QED) is 0.482. The number of benzene rings is 3. The molecule has 8 heteroatoms. The minimum atomic E-state index is -3.75. The van der Waals surface area contributed by atoms with Gasteiger partial charge in [-0.15, -0.1) is 0 Å². The lowest BCUT2D eigenvalue weighted by atomic mass is 10.1. The van der Waals surface area contributed by atoms with Crippen LogP contribution in [-0.4, -0.2) is 20.9 Å². The minimum Gasteiger partial charge on any atom is -0.484 e. The molecule has 2 N–H and O–H groups in total. The van der Waals surface area contributed by atoms with E-state index in [4.69, 9.17) is 16.3 Å². The van der Waals surface area contributed by atoms with Gasteiger partial charge in [0.15, 0.2) is 6.61 Å². The zero-order valence-corrected chi connectivity index (χ0v) is 19.9. The van der Waals surface area contributed by atoms with Gasteiger partial charge in [0.2, 0.25) is 0 Å². The molecule has 0 atom stereocenters. The normalized spacial score (nSPS) is 11.2. The number of hydrogen-bond donors (Lipinski definition) is 2. The number of anilines is 2. The largest absolute Gasteiger partial charge is 0.484 e. The van der Waals surface area contributed by atoms with E-state index >= 15 is 0 Å². The van der Waals surface area contributed by atoms with Crippen molar-refractivity contribution in [2.45, 2.75) is 32.6 Å². The molecule has 3 aromatic carbocycles. The lowest BCUT2D eigenvalue weighted by molar-refractivity contribution is -0.118. The fraction of sp³-hybridized carbons (Fsp3) is 0.208. The second-order valence-corrected chi connectivity index (χ2v) is 9.77. The van der Waals surface area contributed by atoms with Crippen molar-refractivity contribution in [3.05, 3.63) is 81.9 Å². The molecule has 0 saturated heterocycles. The van der Waals surface area contributed by atoms with Crippen LogP contribution in [0.3, 0.4) is 0 Å². The van der Waals surface area contributed by atoms with Crippen LogP contribution in [0.15, 0.2) is 59.5 Å². The highest BCUT2D eigenvalue weighted by atomic mass is 35.5. The fourth-order valence-corrected chi connectivity index (χ4v) is 4.45. The Kier molecular flexibility index (Phi) is 7.11. The lowest BCUT2D eigenvalue weighted by Crippen LogP contribution is -2.20. The van der Waals surface area contributed by atoms with Crippen LogP contribution in [-0.2, 0) is 14.8 Å². The van der Waals surface area contributed by atoms with Crippen LogP contribution in [0.4, 0.5) is 11.4 Å². The van der Waals surface area contributed by atoms with Crippen LogP contribution in [0.1, 0.15) is 22.3 Å². The highest BCUT2D eigenvalue weighted by Crippen LogP contribution is 2.26. The van der Waals surface area contributed by atoms with E-state index in [2.05, 4.69) is 10.0 Å². The van der Waals surface area contributed by atoms with E-state index < -0.39 is 10.0 Å². The third-order valence-corrected chi connectivity index (χ3v) is 6.70. The highest BCUT2D eigenvalue weighted by Gasteiger charge is 2.15. The third kappa shape index (κ3) is 6.02. The topological polar surface area (TPSA) is 84.5 Å². The van der Waals surface area contributed by atoms with Crippen LogP contribution >= 0.6 is 11.6 Å². The first-order chi connectivity index (χ1) is 15.0. The molecule has 0 radical (unpaired) electrons. The van der Waals surface area contributed by atoms with E-state index in [-0.39, 0.29) is 17.4 Å². The van der Waals surface area contributed by atoms with E-state index in [9.17, 15) is 13.2 Å². The van der Waals surface area contributed by atoms with Crippen LogP contribution in [0, 0.1) is 27.7 Å². The van der Waals surface area contributed by atoms with Gasteiger partial charge in [-0.2, -0.15) is 0 Å². The summed E-state index contributed by atoms with van der Waals surface area (Å²) < 4.78 is 33.5. The van der Waals surface area contributed by atoms with Gasteiger partial charge in [0.25, 0.3) is 15.9 Å². The summed E-state index contributed by atoms with van der Waals surface area (Å²) in [6.45, 7) is 7.36. The number of sulfonamides is 1. The molecule has 0 bridgehead atoms. The van der Waals surface area contributed by atoms with Crippen molar-refractivity contribution < 1.29 is 17.9 Å². The fourth-order valence-electron chi connectivity index (χ4n) is 3.30. The number of ether oxygens (including phenoxy) is 1. The van der Waals surface area contributed by atoms with E-state index in [0.717, 1.165) is 22.3 Å². The number of carbonyl (C=O) groups is 1. The van der Waals surface area contributed by atoms with Crippen LogP contribution in [0.2, 0.25) is 5.02 Å². The molecular weight excluding hydrogens is 448 g/mol. The Morgan fingerprint density at radius 1 is 0.875 bits per heavy atom.